The molecule has 0 amide bonds. The summed E-state index contributed by atoms with van der Waals surface area (Å²) in [6, 6.07) is 1.81. The van der Waals surface area contributed by atoms with E-state index in [4.69, 9.17) is 5.73 Å². The molecule has 0 fully saturated rings. The van der Waals surface area contributed by atoms with Gasteiger partial charge in [0.2, 0.25) is 0 Å². The molecular weight excluding hydrogens is 178 g/mol. The molecule has 1 aliphatic heterocycles. The number of fused-ring (bicyclic) bond motifs is 1. The third-order valence-electron chi connectivity index (χ3n) is 2.83. The summed E-state index contributed by atoms with van der Waals surface area (Å²) in [5, 5.41) is 0. The molecule has 1 aliphatic rings. The van der Waals surface area contributed by atoms with E-state index < -0.39 is 0 Å². The van der Waals surface area contributed by atoms with Gasteiger partial charge in [-0.15, -0.1) is 0 Å². The summed E-state index contributed by atoms with van der Waals surface area (Å²) in [4.78, 5) is 13.8. The number of pyridine rings is 1. The minimum Gasteiger partial charge on any atom is -0.394 e. The predicted octanol–water partition coefficient (Wildman–Crippen LogP) is -0.0446. The third kappa shape index (κ3) is 1.32. The van der Waals surface area contributed by atoms with E-state index in [1.165, 1.54) is 5.56 Å². The van der Waals surface area contributed by atoms with Crippen molar-refractivity contribution in [2.75, 3.05) is 19.3 Å². The van der Waals surface area contributed by atoms with Crippen molar-refractivity contribution in [1.29, 1.82) is 0 Å². The Morgan fingerprint density at radius 1 is 1.43 bits per heavy atom. The van der Waals surface area contributed by atoms with Crippen molar-refractivity contribution in [1.82, 2.24) is 9.47 Å². The number of nitrogens with zero attached hydrogens (tertiary/aromatic N) is 2. The van der Waals surface area contributed by atoms with Crippen molar-refractivity contribution < 1.29 is 0 Å². The molecule has 0 saturated carbocycles. The fourth-order valence-electron chi connectivity index (χ4n) is 2.00. The monoisotopic (exact) mass is 193 g/mol. The Morgan fingerprint density at radius 2 is 2.14 bits per heavy atom. The molecule has 2 rings (SSSR count). The van der Waals surface area contributed by atoms with Gasteiger partial charge >= 0.3 is 0 Å². The van der Waals surface area contributed by atoms with E-state index in [1.807, 2.05) is 6.07 Å². The summed E-state index contributed by atoms with van der Waals surface area (Å²) in [6.07, 6.45) is 0.928. The van der Waals surface area contributed by atoms with Gasteiger partial charge in [0.1, 0.15) is 0 Å². The summed E-state index contributed by atoms with van der Waals surface area (Å²) in [7, 11) is 3.87. The second-order valence-electron chi connectivity index (χ2n) is 3.92. The van der Waals surface area contributed by atoms with E-state index in [9.17, 15) is 4.79 Å². The normalized spacial score (nSPS) is 16.7. The first-order valence-corrected chi connectivity index (χ1v) is 4.75. The molecule has 1 aromatic heterocycles. The summed E-state index contributed by atoms with van der Waals surface area (Å²) in [5.41, 5.74) is 8.22. The maximum absolute atomic E-state index is 11.5. The van der Waals surface area contributed by atoms with Crippen LogP contribution in [0, 0.1) is 0 Å². The maximum atomic E-state index is 11.5. The fraction of sp³-hybridized carbons (Fsp3) is 0.500. The molecule has 76 valence electrons. The minimum absolute atomic E-state index is 0.0756. The van der Waals surface area contributed by atoms with E-state index in [1.54, 1.807) is 11.6 Å². The van der Waals surface area contributed by atoms with Crippen molar-refractivity contribution in [2.24, 2.45) is 7.05 Å². The lowest BCUT2D eigenvalue weighted by Crippen LogP contribution is -2.33. The first-order chi connectivity index (χ1) is 6.59. The molecule has 0 saturated heterocycles. The average molecular weight is 193 g/mol. The van der Waals surface area contributed by atoms with Crippen LogP contribution in [-0.2, 0) is 20.0 Å². The zero-order chi connectivity index (χ0) is 10.3. The smallest absolute Gasteiger partial charge is 0.273 e. The molecule has 0 aliphatic carbocycles. The zero-order valence-corrected chi connectivity index (χ0v) is 8.58. The quantitative estimate of drug-likeness (QED) is 0.629. The molecule has 4 nitrogen and oxygen atoms in total. The first kappa shape index (κ1) is 9.27. The number of nitrogens with two attached hydrogens (primary N) is 1. The highest BCUT2D eigenvalue weighted by molar-refractivity contribution is 5.41. The van der Waals surface area contributed by atoms with E-state index >= 15 is 0 Å². The molecule has 0 spiro atoms. The molecule has 0 radical (unpaired) electrons. The van der Waals surface area contributed by atoms with E-state index in [2.05, 4.69) is 11.9 Å². The molecule has 1 aromatic rings. The molecular formula is C10H15N3O. The topological polar surface area (TPSA) is 51.3 Å². The number of likely N-dealkylation sites (N-methyl/N-ethyl adjacent to an activating group) is 1. The van der Waals surface area contributed by atoms with Gasteiger partial charge in [-0.25, -0.2) is 0 Å². The number of rotatable bonds is 0. The lowest BCUT2D eigenvalue weighted by atomic mass is 10.1. The second kappa shape index (κ2) is 3.13. The molecule has 4 heteroatoms. The van der Waals surface area contributed by atoms with Crippen molar-refractivity contribution in [3.8, 4) is 0 Å². The van der Waals surface area contributed by atoms with Crippen LogP contribution in [0.3, 0.4) is 0 Å². The van der Waals surface area contributed by atoms with Gasteiger partial charge in [0.15, 0.2) is 0 Å². The van der Waals surface area contributed by atoms with Gasteiger partial charge < -0.3 is 15.2 Å². The highest BCUT2D eigenvalue weighted by atomic mass is 16.1. The van der Waals surface area contributed by atoms with Crippen molar-refractivity contribution in [3.05, 3.63) is 27.7 Å². The van der Waals surface area contributed by atoms with Gasteiger partial charge in [0, 0.05) is 32.3 Å². The van der Waals surface area contributed by atoms with Gasteiger partial charge in [-0.3, -0.25) is 4.79 Å². The number of nitrogen functional groups attached to an aromatic ring is 1. The Kier molecular flexibility index (Phi) is 2.07. The molecule has 0 bridgehead atoms. The largest absolute Gasteiger partial charge is 0.394 e. The van der Waals surface area contributed by atoms with E-state index in [0.29, 0.717) is 5.69 Å². The predicted molar refractivity (Wildman–Crippen MR) is 56.1 cm³/mol. The van der Waals surface area contributed by atoms with Crippen LogP contribution in [0.4, 0.5) is 5.69 Å². The Hall–Kier alpha value is -1.29. The summed E-state index contributed by atoms with van der Waals surface area (Å²) in [6.45, 7) is 1.89. The maximum Gasteiger partial charge on any atom is 0.273 e. The van der Waals surface area contributed by atoms with Crippen molar-refractivity contribution in [2.45, 2.75) is 13.0 Å². The second-order valence-corrected chi connectivity index (χ2v) is 3.92. The SMILES string of the molecule is CN1CCc2c(cc(N)c(=O)n2C)C1. The summed E-state index contributed by atoms with van der Waals surface area (Å²) < 4.78 is 1.68. The molecule has 0 aromatic carbocycles. The van der Waals surface area contributed by atoms with Crippen molar-refractivity contribution >= 4 is 5.69 Å². The van der Waals surface area contributed by atoms with E-state index in [0.717, 1.165) is 25.2 Å². The Labute approximate surface area is 82.9 Å². The average Bonchev–Trinajstić information content (AvgIpc) is 2.14. The van der Waals surface area contributed by atoms with Crippen LogP contribution in [-0.4, -0.2) is 23.1 Å². The molecule has 2 N–H and O–H groups in total. The number of hydrogen-bond acceptors (Lipinski definition) is 3. The molecule has 0 unspecified atom stereocenters. The molecule has 0 atom stereocenters. The van der Waals surface area contributed by atoms with Gasteiger partial charge in [-0.1, -0.05) is 0 Å². The summed E-state index contributed by atoms with van der Waals surface area (Å²) in [5.74, 6) is 0. The molecule has 14 heavy (non-hydrogen) atoms. The number of anilines is 1. The highest BCUT2D eigenvalue weighted by Crippen LogP contribution is 2.17. The third-order valence-corrected chi connectivity index (χ3v) is 2.83. The first-order valence-electron chi connectivity index (χ1n) is 4.75. The van der Waals surface area contributed by atoms with Gasteiger partial charge in [0.25, 0.3) is 5.56 Å². The van der Waals surface area contributed by atoms with Crippen LogP contribution in [0.2, 0.25) is 0 Å². The van der Waals surface area contributed by atoms with Crippen LogP contribution in [0.15, 0.2) is 10.9 Å². The highest BCUT2D eigenvalue weighted by Gasteiger charge is 2.17. The Bertz CT molecular complexity index is 422. The minimum atomic E-state index is -0.0756. The number of hydrogen-bond donors (Lipinski definition) is 1. The fourth-order valence-corrected chi connectivity index (χ4v) is 2.00. The lowest BCUT2D eigenvalue weighted by molar-refractivity contribution is 0.306. The van der Waals surface area contributed by atoms with E-state index in [-0.39, 0.29) is 5.56 Å². The Balaban J connectivity index is 2.60. The van der Waals surface area contributed by atoms with Crippen molar-refractivity contribution in [3.63, 3.8) is 0 Å². The zero-order valence-electron chi connectivity index (χ0n) is 8.58. The molecule has 2 heterocycles. The summed E-state index contributed by atoms with van der Waals surface area (Å²) >= 11 is 0. The Morgan fingerprint density at radius 3 is 2.86 bits per heavy atom. The van der Waals surface area contributed by atoms with Crippen LogP contribution in [0.5, 0.6) is 0 Å². The van der Waals surface area contributed by atoms with Gasteiger partial charge in [0.05, 0.1) is 5.69 Å². The van der Waals surface area contributed by atoms with Crippen LogP contribution >= 0.6 is 0 Å². The van der Waals surface area contributed by atoms with Gasteiger partial charge in [-0.05, 0) is 18.7 Å². The number of aromatic nitrogens is 1. The van der Waals surface area contributed by atoms with Gasteiger partial charge in [-0.2, -0.15) is 0 Å². The standard InChI is InChI=1S/C10H15N3O/c1-12-4-3-9-7(6-12)5-8(11)10(14)13(9)2/h5H,3-4,6,11H2,1-2H3. The van der Waals surface area contributed by atoms with Crippen LogP contribution < -0.4 is 11.3 Å². The lowest BCUT2D eigenvalue weighted by Gasteiger charge is -2.26. The van der Waals surface area contributed by atoms with Crippen LogP contribution in [0.1, 0.15) is 11.3 Å². The van der Waals surface area contributed by atoms with Crippen LogP contribution in [0.25, 0.3) is 0 Å².